The van der Waals surface area contributed by atoms with Gasteiger partial charge in [-0.1, -0.05) is 218 Å². The summed E-state index contributed by atoms with van der Waals surface area (Å²) in [5.74, 6) is 0.953. The molecule has 0 fully saturated rings. The van der Waals surface area contributed by atoms with Crippen LogP contribution in [0.3, 0.4) is 0 Å². The maximum atomic E-state index is 5.62. The van der Waals surface area contributed by atoms with E-state index in [1.54, 1.807) is 0 Å². The Morgan fingerprint density at radius 3 is 1.74 bits per heavy atom. The molecule has 4 heterocycles. The van der Waals surface area contributed by atoms with Crippen LogP contribution in [0.5, 0.6) is 0 Å². The molecule has 13 rings (SSSR count). The van der Waals surface area contributed by atoms with Crippen LogP contribution >= 0.6 is 11.8 Å². The van der Waals surface area contributed by atoms with Crippen LogP contribution in [0.1, 0.15) is 22.3 Å². The third-order valence-corrected chi connectivity index (χ3v) is 20.2. The second kappa shape index (κ2) is 16.1. The molecule has 1 aliphatic heterocycles. The molecule has 6 heteroatoms. The van der Waals surface area contributed by atoms with Crippen LogP contribution in [0.4, 0.5) is 0 Å². The first-order chi connectivity index (χ1) is 33.7. The maximum Gasteiger partial charge on any atom is 0.179 e. The predicted octanol–water partition coefficient (Wildman–Crippen LogP) is 12.0. The summed E-state index contributed by atoms with van der Waals surface area (Å²) >= 11 is 1.87. The van der Waals surface area contributed by atoms with E-state index in [-0.39, 0.29) is 0 Å². The molecule has 0 N–H and O–H groups in total. The van der Waals surface area contributed by atoms with E-state index < -0.39 is 13.5 Å². The van der Waals surface area contributed by atoms with Gasteiger partial charge < -0.3 is 4.57 Å². The van der Waals surface area contributed by atoms with Crippen LogP contribution in [0.25, 0.3) is 50.0 Å². The van der Waals surface area contributed by atoms with Crippen molar-refractivity contribution in [2.45, 2.75) is 15.2 Å². The van der Waals surface area contributed by atoms with Gasteiger partial charge in [0.1, 0.15) is 11.5 Å². The summed E-state index contributed by atoms with van der Waals surface area (Å²) in [7, 11) is -0.909. The van der Waals surface area contributed by atoms with Gasteiger partial charge in [-0.05, 0) is 73.8 Å². The van der Waals surface area contributed by atoms with E-state index in [0.717, 1.165) is 39.3 Å². The monoisotopic (exact) mass is 904 g/mol. The molecule has 0 aliphatic carbocycles. The van der Waals surface area contributed by atoms with Gasteiger partial charge in [-0.25, -0.2) is 9.97 Å². The fourth-order valence-corrected chi connectivity index (χ4v) is 17.5. The molecular formula is C62H44N4SSi. The molecule has 0 atom stereocenters. The summed E-state index contributed by atoms with van der Waals surface area (Å²) in [5.41, 5.74) is 10.7. The highest BCUT2D eigenvalue weighted by Gasteiger charge is 2.46. The smallest absolute Gasteiger partial charge is 0.179 e. The van der Waals surface area contributed by atoms with Crippen molar-refractivity contribution in [3.05, 3.63) is 271 Å². The number of benzene rings is 9. The zero-order chi connectivity index (χ0) is 45.2. The first-order valence-corrected chi connectivity index (χ1v) is 26.0. The predicted molar refractivity (Wildman–Crippen MR) is 284 cm³/mol. The lowest BCUT2D eigenvalue weighted by Gasteiger charge is -2.41. The van der Waals surface area contributed by atoms with Crippen molar-refractivity contribution in [2.75, 3.05) is 0 Å². The number of pyridine rings is 1. The second-order valence-electron chi connectivity index (χ2n) is 17.7. The molecule has 12 aromatic rings. The topological polar surface area (TPSA) is 35.6 Å². The number of imidazole rings is 1. The Kier molecular flexibility index (Phi) is 9.53. The molecule has 1 aliphatic rings. The van der Waals surface area contributed by atoms with Gasteiger partial charge in [0, 0.05) is 50.6 Å². The van der Waals surface area contributed by atoms with Gasteiger partial charge in [0.25, 0.3) is 0 Å². The average Bonchev–Trinajstić information content (AvgIpc) is 3.94. The molecule has 0 amide bonds. The third-order valence-electron chi connectivity index (χ3n) is 14.2. The van der Waals surface area contributed by atoms with E-state index >= 15 is 0 Å². The number of rotatable bonds is 8. The Labute approximate surface area is 400 Å². The molecule has 0 saturated heterocycles. The van der Waals surface area contributed by atoms with Crippen molar-refractivity contribution < 1.29 is 0 Å². The molecule has 4 nitrogen and oxygen atoms in total. The van der Waals surface area contributed by atoms with E-state index in [1.807, 2.05) is 11.8 Å². The summed E-state index contributed by atoms with van der Waals surface area (Å²) < 4.78 is 4.63. The van der Waals surface area contributed by atoms with Gasteiger partial charge in [-0.2, -0.15) is 0 Å². The van der Waals surface area contributed by atoms with Crippen LogP contribution < -0.4 is 20.7 Å². The largest absolute Gasteiger partial charge is 0.327 e. The van der Waals surface area contributed by atoms with Crippen molar-refractivity contribution >= 4 is 73.6 Å². The van der Waals surface area contributed by atoms with E-state index in [1.165, 1.54) is 63.6 Å². The van der Waals surface area contributed by atoms with E-state index in [9.17, 15) is 0 Å². The number of fused-ring (bicyclic) bond motifs is 7. The summed E-state index contributed by atoms with van der Waals surface area (Å²) in [5, 5.41) is 7.56. The molecule has 3 aromatic heterocycles. The molecule has 0 saturated carbocycles. The standard InChI is InChI=1S/C62H44N4SSi/c1-65-56-38-18-16-36-54(56)64-60(65)43-22-20-32-49(40-43)68(47-28-10-4-11-29-47,48-30-12-5-13-31-48)50-33-21-27-46(41-50)66-55-37-17-14-34-51(55)58-59-53(42-63-61(58)66)62(44-23-6-2-7-24-44,45-25-8-3-9-26-45)52-35-15-19-39-57(52)67-59/h2-42H,1H3. The number of para-hydroxylation sites is 3. The minimum Gasteiger partial charge on any atom is -0.327 e. The summed E-state index contributed by atoms with van der Waals surface area (Å²) in [6.07, 6.45) is 2.18. The highest BCUT2D eigenvalue weighted by Crippen LogP contribution is 2.57. The van der Waals surface area contributed by atoms with Gasteiger partial charge in [-0.3, -0.25) is 4.57 Å². The van der Waals surface area contributed by atoms with Gasteiger partial charge in [0.05, 0.1) is 22.0 Å². The van der Waals surface area contributed by atoms with Crippen LogP contribution in [0.15, 0.2) is 259 Å². The molecule has 322 valence electrons. The van der Waals surface area contributed by atoms with Crippen molar-refractivity contribution in [2.24, 2.45) is 7.05 Å². The Bertz CT molecular complexity index is 3770. The number of hydrogen-bond donors (Lipinski definition) is 0. The minimum atomic E-state index is -3.03. The number of aromatic nitrogens is 4. The highest BCUT2D eigenvalue weighted by molar-refractivity contribution is 7.99. The maximum absolute atomic E-state index is 5.62. The molecule has 0 radical (unpaired) electrons. The lowest BCUT2D eigenvalue weighted by molar-refractivity contribution is 0.701. The first-order valence-electron chi connectivity index (χ1n) is 23.2. The average molecular weight is 905 g/mol. The minimum absolute atomic E-state index is 0.587. The Hall–Kier alpha value is -8.03. The van der Waals surface area contributed by atoms with Crippen molar-refractivity contribution in [1.29, 1.82) is 0 Å². The number of nitrogens with zero attached hydrogens (tertiary/aromatic N) is 4. The zero-order valence-electron chi connectivity index (χ0n) is 37.4. The fourth-order valence-electron chi connectivity index (χ4n) is 11.4. The van der Waals surface area contributed by atoms with Gasteiger partial charge in [0.2, 0.25) is 0 Å². The number of aryl methyl sites for hydroxylation is 1. The molecule has 9 aromatic carbocycles. The van der Waals surface area contributed by atoms with Crippen LogP contribution in [0, 0.1) is 0 Å². The summed E-state index contributed by atoms with van der Waals surface area (Å²) in [6.45, 7) is 0. The lowest BCUT2D eigenvalue weighted by Crippen LogP contribution is -2.74. The Balaban J connectivity index is 1.08. The normalized spacial score (nSPS) is 13.1. The molecular weight excluding hydrogens is 861 g/mol. The van der Waals surface area contributed by atoms with Crippen molar-refractivity contribution in [3.63, 3.8) is 0 Å². The summed E-state index contributed by atoms with van der Waals surface area (Å²) in [6, 6.07) is 89.2. The third kappa shape index (κ3) is 5.94. The Morgan fingerprint density at radius 2 is 1.04 bits per heavy atom. The second-order valence-corrected chi connectivity index (χ2v) is 22.6. The number of hydrogen-bond acceptors (Lipinski definition) is 3. The van der Waals surface area contributed by atoms with Crippen LogP contribution in [0.2, 0.25) is 0 Å². The lowest BCUT2D eigenvalue weighted by atomic mass is 9.65. The molecule has 0 unspecified atom stereocenters. The quantitative estimate of drug-likeness (QED) is 0.113. The van der Waals surface area contributed by atoms with Gasteiger partial charge >= 0.3 is 0 Å². The van der Waals surface area contributed by atoms with Crippen LogP contribution in [-0.4, -0.2) is 27.2 Å². The van der Waals surface area contributed by atoms with Gasteiger partial charge in [-0.15, -0.1) is 0 Å². The van der Waals surface area contributed by atoms with Crippen LogP contribution in [-0.2, 0) is 12.5 Å². The molecule has 0 bridgehead atoms. The summed E-state index contributed by atoms with van der Waals surface area (Å²) in [4.78, 5) is 13.3. The van der Waals surface area contributed by atoms with E-state index in [2.05, 4.69) is 265 Å². The Morgan fingerprint density at radius 1 is 0.485 bits per heavy atom. The van der Waals surface area contributed by atoms with E-state index in [0.29, 0.717) is 0 Å². The van der Waals surface area contributed by atoms with Crippen molar-refractivity contribution in [1.82, 2.24) is 19.1 Å². The zero-order valence-corrected chi connectivity index (χ0v) is 39.2. The molecule has 0 spiro atoms. The first kappa shape index (κ1) is 40.3. The SMILES string of the molecule is Cn1c(-c2cccc([Si](c3ccccc3)(c3ccccc3)c3cccc(-n4c5ccccc5c5c6c(cnc54)C(c4ccccc4)(c4ccccc4)c4ccccc4S6)c3)c2)nc2ccccc21. The van der Waals surface area contributed by atoms with Crippen molar-refractivity contribution in [3.8, 4) is 17.1 Å². The van der Waals surface area contributed by atoms with E-state index in [4.69, 9.17) is 9.97 Å². The fraction of sp³-hybridized carbons (Fsp3) is 0.0323. The van der Waals surface area contributed by atoms with Gasteiger partial charge in [0.15, 0.2) is 8.07 Å². The highest BCUT2D eigenvalue weighted by atomic mass is 32.2. The molecule has 68 heavy (non-hydrogen) atoms.